The van der Waals surface area contributed by atoms with Crippen molar-refractivity contribution >= 4 is 17.6 Å². The van der Waals surface area contributed by atoms with Crippen molar-refractivity contribution in [2.24, 2.45) is 0 Å². The second-order valence-electron chi connectivity index (χ2n) is 6.29. The van der Waals surface area contributed by atoms with Crippen LogP contribution in [0.1, 0.15) is 11.4 Å². The highest BCUT2D eigenvalue weighted by Crippen LogP contribution is 2.22. The molecule has 2 aromatic carbocycles. The van der Waals surface area contributed by atoms with Gasteiger partial charge in [-0.15, -0.1) is 0 Å². The quantitative estimate of drug-likeness (QED) is 0.725. The Labute approximate surface area is 158 Å². The molecule has 1 aliphatic rings. The lowest BCUT2D eigenvalue weighted by Gasteiger charge is -2.15. The molecule has 1 aliphatic heterocycles. The molecule has 0 saturated carbocycles. The van der Waals surface area contributed by atoms with E-state index in [0.29, 0.717) is 12.2 Å². The van der Waals surface area contributed by atoms with Crippen molar-refractivity contribution in [2.75, 3.05) is 4.90 Å². The molecule has 1 aromatic heterocycles. The van der Waals surface area contributed by atoms with Crippen LogP contribution in [-0.2, 0) is 24.4 Å². The third-order valence-electron chi connectivity index (χ3n) is 4.41. The van der Waals surface area contributed by atoms with Crippen LogP contribution in [0.2, 0.25) is 0 Å². The molecular formula is C19H16FN5O3. The Balaban J connectivity index is 1.50. The Morgan fingerprint density at radius 1 is 1.07 bits per heavy atom. The van der Waals surface area contributed by atoms with E-state index in [9.17, 15) is 18.8 Å². The molecule has 0 bridgehead atoms. The molecule has 0 saturated heterocycles. The molecular weight excluding hydrogens is 365 g/mol. The topological polar surface area (TPSA) is 89.2 Å². The first-order chi connectivity index (χ1) is 13.5. The number of carbonyl (C=O) groups excluding carboxylic acids is 2. The van der Waals surface area contributed by atoms with Crippen LogP contribution in [-0.4, -0.2) is 26.3 Å². The molecule has 9 heteroatoms. The van der Waals surface area contributed by atoms with E-state index in [1.54, 1.807) is 0 Å². The lowest BCUT2D eigenvalue weighted by Crippen LogP contribution is -2.38. The number of hydrogen-bond acceptors (Lipinski definition) is 4. The monoisotopic (exact) mass is 381 g/mol. The summed E-state index contributed by atoms with van der Waals surface area (Å²) in [5, 5.41) is 2.71. The highest BCUT2D eigenvalue weighted by molar-refractivity contribution is 5.95. The van der Waals surface area contributed by atoms with E-state index >= 15 is 0 Å². The van der Waals surface area contributed by atoms with Gasteiger partial charge in [0.25, 0.3) is 0 Å². The van der Waals surface area contributed by atoms with E-state index in [1.807, 2.05) is 30.3 Å². The van der Waals surface area contributed by atoms with Gasteiger partial charge in [0.05, 0.1) is 6.54 Å². The van der Waals surface area contributed by atoms with Gasteiger partial charge in [-0.1, -0.05) is 30.3 Å². The molecule has 0 radical (unpaired) electrons. The minimum atomic E-state index is -0.669. The maximum absolute atomic E-state index is 13.1. The molecule has 8 nitrogen and oxygen atoms in total. The van der Waals surface area contributed by atoms with Crippen molar-refractivity contribution in [3.8, 4) is 0 Å². The van der Waals surface area contributed by atoms with Gasteiger partial charge in [-0.3, -0.25) is 9.69 Å². The van der Waals surface area contributed by atoms with Crippen LogP contribution in [0.5, 0.6) is 0 Å². The molecule has 3 aromatic rings. The highest BCUT2D eigenvalue weighted by atomic mass is 19.1. The fraction of sp³-hybridized carbons (Fsp3) is 0.158. The highest BCUT2D eigenvalue weighted by Gasteiger charge is 2.33. The summed E-state index contributed by atoms with van der Waals surface area (Å²) in [7, 11) is 0. The van der Waals surface area contributed by atoms with Gasteiger partial charge in [0.1, 0.15) is 12.4 Å². The van der Waals surface area contributed by atoms with Crippen molar-refractivity contribution in [3.63, 3.8) is 0 Å². The average Bonchev–Trinajstić information content (AvgIpc) is 3.17. The van der Waals surface area contributed by atoms with Gasteiger partial charge in [-0.25, -0.2) is 18.7 Å². The van der Waals surface area contributed by atoms with Crippen LogP contribution in [0.4, 0.5) is 14.9 Å². The molecule has 28 heavy (non-hydrogen) atoms. The van der Waals surface area contributed by atoms with Gasteiger partial charge in [-0.05, 0) is 29.8 Å². The fourth-order valence-corrected chi connectivity index (χ4v) is 3.03. The zero-order chi connectivity index (χ0) is 19.7. The lowest BCUT2D eigenvalue weighted by atomic mass is 10.2. The zero-order valence-electron chi connectivity index (χ0n) is 14.7. The van der Waals surface area contributed by atoms with Crippen molar-refractivity contribution in [3.05, 3.63) is 82.3 Å². The number of nitrogens with zero attached hydrogens (tertiary/aromatic N) is 4. The predicted octanol–water partition coefficient (Wildman–Crippen LogP) is 1.49. The number of rotatable bonds is 5. The number of carbonyl (C=O) groups is 2. The van der Waals surface area contributed by atoms with Gasteiger partial charge in [0.2, 0.25) is 5.91 Å². The zero-order valence-corrected chi connectivity index (χ0v) is 14.7. The number of hydrogen-bond donors (Lipinski definition) is 1. The molecule has 0 atom stereocenters. The van der Waals surface area contributed by atoms with Crippen molar-refractivity contribution < 1.29 is 14.0 Å². The van der Waals surface area contributed by atoms with E-state index < -0.39 is 23.4 Å². The second kappa shape index (κ2) is 7.10. The SMILES string of the molecule is O=C(Cn1c(=O)nc2n1C(=O)N(c1ccc(F)cc1)C2)NCc1ccccc1. The summed E-state index contributed by atoms with van der Waals surface area (Å²) in [6.45, 7) is 0.0467. The maximum Gasteiger partial charge on any atom is 0.365 e. The first kappa shape index (κ1) is 17.7. The summed E-state index contributed by atoms with van der Waals surface area (Å²) >= 11 is 0. The van der Waals surface area contributed by atoms with E-state index in [0.717, 1.165) is 14.9 Å². The summed E-state index contributed by atoms with van der Waals surface area (Å²) in [4.78, 5) is 42.3. The normalized spacial score (nSPS) is 12.9. The van der Waals surface area contributed by atoms with Crippen LogP contribution in [0.3, 0.4) is 0 Å². The largest absolute Gasteiger partial charge is 0.365 e. The number of benzene rings is 2. The first-order valence-electron chi connectivity index (χ1n) is 8.60. The Morgan fingerprint density at radius 2 is 1.79 bits per heavy atom. The molecule has 0 fully saturated rings. The fourth-order valence-electron chi connectivity index (χ4n) is 3.03. The Bertz CT molecular complexity index is 1090. The van der Waals surface area contributed by atoms with Gasteiger partial charge < -0.3 is 5.32 Å². The molecule has 0 unspecified atom stereocenters. The number of amides is 2. The van der Waals surface area contributed by atoms with Crippen molar-refractivity contribution in [1.82, 2.24) is 19.7 Å². The Morgan fingerprint density at radius 3 is 2.50 bits per heavy atom. The summed E-state index contributed by atoms with van der Waals surface area (Å²) in [5.41, 5.74) is 0.724. The van der Waals surface area contributed by atoms with Crippen LogP contribution in [0.15, 0.2) is 59.4 Å². The Kier molecular flexibility index (Phi) is 4.48. The summed E-state index contributed by atoms with van der Waals surface area (Å²) < 4.78 is 15.2. The van der Waals surface area contributed by atoms with Gasteiger partial charge in [0.15, 0.2) is 5.82 Å². The van der Waals surface area contributed by atoms with Crippen LogP contribution in [0.25, 0.3) is 0 Å². The van der Waals surface area contributed by atoms with Crippen molar-refractivity contribution in [1.29, 1.82) is 0 Å². The third-order valence-corrected chi connectivity index (χ3v) is 4.41. The van der Waals surface area contributed by atoms with Crippen LogP contribution < -0.4 is 15.9 Å². The summed E-state index contributed by atoms with van der Waals surface area (Å²) in [5.74, 6) is -0.600. The second-order valence-corrected chi connectivity index (χ2v) is 6.29. The minimum Gasteiger partial charge on any atom is -0.350 e. The Hall–Kier alpha value is -3.75. The molecule has 2 amide bonds. The lowest BCUT2D eigenvalue weighted by molar-refractivity contribution is -0.122. The maximum atomic E-state index is 13.1. The molecule has 0 spiro atoms. The smallest absolute Gasteiger partial charge is 0.350 e. The number of halogens is 1. The van der Waals surface area contributed by atoms with E-state index in [2.05, 4.69) is 10.3 Å². The third kappa shape index (κ3) is 3.29. The standard InChI is InChI=1S/C19H16FN5O3/c20-14-6-8-15(9-7-14)23-11-16-22-18(27)24(25(16)19(23)28)12-17(26)21-10-13-4-2-1-3-5-13/h1-9H,10-12H2,(H,21,26). The number of fused-ring (bicyclic) bond motifs is 1. The van der Waals surface area contributed by atoms with Crippen LogP contribution in [0, 0.1) is 5.82 Å². The van der Waals surface area contributed by atoms with Gasteiger partial charge in [0, 0.05) is 12.2 Å². The van der Waals surface area contributed by atoms with Crippen LogP contribution >= 0.6 is 0 Å². The number of anilines is 1. The summed E-state index contributed by atoms with van der Waals surface area (Å²) in [6, 6.07) is 14.2. The van der Waals surface area contributed by atoms with E-state index in [1.165, 1.54) is 29.2 Å². The van der Waals surface area contributed by atoms with Gasteiger partial charge in [-0.2, -0.15) is 9.67 Å². The van der Waals surface area contributed by atoms with Crippen molar-refractivity contribution in [2.45, 2.75) is 19.6 Å². The molecule has 1 N–H and O–H groups in total. The van der Waals surface area contributed by atoms with E-state index in [4.69, 9.17) is 0 Å². The predicted molar refractivity (Wildman–Crippen MR) is 98.2 cm³/mol. The first-order valence-corrected chi connectivity index (χ1v) is 8.60. The number of aromatic nitrogens is 3. The van der Waals surface area contributed by atoms with E-state index in [-0.39, 0.29) is 18.9 Å². The van der Waals surface area contributed by atoms with Gasteiger partial charge >= 0.3 is 11.7 Å². The average molecular weight is 381 g/mol. The summed E-state index contributed by atoms with van der Waals surface area (Å²) in [6.07, 6.45) is 0. The molecule has 4 rings (SSSR count). The minimum absolute atomic E-state index is 0.0678. The molecule has 142 valence electrons. The molecule has 0 aliphatic carbocycles. The number of nitrogens with one attached hydrogen (secondary N) is 1. The molecule has 2 heterocycles.